The van der Waals surface area contributed by atoms with Crippen molar-refractivity contribution in [2.45, 2.75) is 13.3 Å². The molecule has 96 valence electrons. The van der Waals surface area contributed by atoms with E-state index in [9.17, 15) is 4.79 Å². The third-order valence-corrected chi connectivity index (χ3v) is 3.02. The predicted octanol–water partition coefficient (Wildman–Crippen LogP) is 2.03. The number of hydrogen-bond acceptors (Lipinski definition) is 2. The van der Waals surface area contributed by atoms with Gasteiger partial charge in [-0.25, -0.2) is 0 Å². The lowest BCUT2D eigenvalue weighted by molar-refractivity contribution is -0.118. The van der Waals surface area contributed by atoms with Crippen molar-refractivity contribution < 1.29 is 9.63 Å². The molecule has 0 saturated carbocycles. The molecule has 4 nitrogen and oxygen atoms in total. The summed E-state index contributed by atoms with van der Waals surface area (Å²) in [5, 5.41) is 4.52. The van der Waals surface area contributed by atoms with E-state index in [1.54, 1.807) is 11.8 Å². The second kappa shape index (κ2) is 5.31. The van der Waals surface area contributed by atoms with Gasteiger partial charge in [0.25, 0.3) is 0 Å². The minimum Gasteiger partial charge on any atom is -0.417 e. The first-order valence-corrected chi connectivity index (χ1v) is 6.08. The van der Waals surface area contributed by atoms with Crippen molar-refractivity contribution in [1.82, 2.24) is 10.0 Å². The molecule has 2 aromatic rings. The minimum absolute atomic E-state index is 0.0245. The molecular weight excluding hydrogens is 252 g/mol. The van der Waals surface area contributed by atoms with Crippen molar-refractivity contribution >= 4 is 28.4 Å². The highest BCUT2D eigenvalue weighted by atomic mass is 35.5. The Labute approximate surface area is 110 Å². The van der Waals surface area contributed by atoms with Gasteiger partial charge in [-0.05, 0) is 30.2 Å². The molecule has 0 atom stereocenters. The van der Waals surface area contributed by atoms with Crippen LogP contribution in [0.5, 0.6) is 0 Å². The monoisotopic (exact) mass is 266 g/mol. The largest absolute Gasteiger partial charge is 0.417 e. The maximum absolute atomic E-state index is 10.9. The second-order valence-electron chi connectivity index (χ2n) is 4.06. The van der Waals surface area contributed by atoms with Gasteiger partial charge in [0.15, 0.2) is 0 Å². The van der Waals surface area contributed by atoms with E-state index in [1.165, 1.54) is 6.92 Å². The Balaban J connectivity index is 2.31. The van der Waals surface area contributed by atoms with E-state index < -0.39 is 0 Å². The van der Waals surface area contributed by atoms with Crippen molar-refractivity contribution in [3.05, 3.63) is 35.0 Å². The average Bonchev–Trinajstić information content (AvgIpc) is 2.66. The minimum atomic E-state index is -0.0245. The molecule has 0 aliphatic rings. The molecule has 0 bridgehead atoms. The smallest absolute Gasteiger partial charge is 0.216 e. The first kappa shape index (κ1) is 12.8. The summed E-state index contributed by atoms with van der Waals surface area (Å²) in [5.74, 6) is -0.0245. The highest BCUT2D eigenvalue weighted by molar-refractivity contribution is 6.31. The van der Waals surface area contributed by atoms with E-state index >= 15 is 0 Å². The lowest BCUT2D eigenvalue weighted by atomic mass is 10.1. The number of fused-ring (bicyclic) bond motifs is 1. The van der Waals surface area contributed by atoms with Gasteiger partial charge in [0.2, 0.25) is 5.91 Å². The highest BCUT2D eigenvalue weighted by Crippen LogP contribution is 2.24. The summed E-state index contributed by atoms with van der Waals surface area (Å²) in [6, 6.07) is 5.66. The first-order valence-electron chi connectivity index (χ1n) is 5.70. The Bertz CT molecular complexity index is 578. The third kappa shape index (κ3) is 2.59. The summed E-state index contributed by atoms with van der Waals surface area (Å²) in [5.41, 5.74) is 2.07. The van der Waals surface area contributed by atoms with Gasteiger partial charge in [-0.15, -0.1) is 0 Å². The van der Waals surface area contributed by atoms with Gasteiger partial charge in [0.05, 0.1) is 5.52 Å². The quantitative estimate of drug-likeness (QED) is 0.920. The van der Waals surface area contributed by atoms with Gasteiger partial charge in [-0.3, -0.25) is 4.79 Å². The lowest BCUT2D eigenvalue weighted by Crippen LogP contribution is -2.22. The number of nitrogens with one attached hydrogen (secondary N) is 1. The lowest BCUT2D eigenvalue weighted by Gasteiger charge is -2.01. The molecule has 1 aromatic heterocycles. The summed E-state index contributed by atoms with van der Waals surface area (Å²) >= 11 is 6.01. The third-order valence-electron chi connectivity index (χ3n) is 2.78. The van der Waals surface area contributed by atoms with Crippen LogP contribution in [-0.4, -0.2) is 24.3 Å². The summed E-state index contributed by atoms with van der Waals surface area (Å²) < 4.78 is 1.70. The molecule has 1 N–H and O–H groups in total. The van der Waals surface area contributed by atoms with E-state index in [4.69, 9.17) is 16.4 Å². The van der Waals surface area contributed by atoms with E-state index in [0.29, 0.717) is 11.6 Å². The van der Waals surface area contributed by atoms with Crippen LogP contribution >= 0.6 is 11.6 Å². The van der Waals surface area contributed by atoms with E-state index in [2.05, 4.69) is 5.32 Å². The summed E-state index contributed by atoms with van der Waals surface area (Å²) in [4.78, 5) is 16.1. The van der Waals surface area contributed by atoms with Crippen LogP contribution in [0.1, 0.15) is 12.5 Å². The predicted molar refractivity (Wildman–Crippen MR) is 71.8 cm³/mol. The van der Waals surface area contributed by atoms with Crippen LogP contribution in [0.25, 0.3) is 10.9 Å². The molecule has 5 heteroatoms. The van der Waals surface area contributed by atoms with E-state index in [1.807, 2.05) is 24.4 Å². The second-order valence-corrected chi connectivity index (χ2v) is 4.49. The van der Waals surface area contributed by atoms with Gasteiger partial charge >= 0.3 is 0 Å². The number of halogens is 1. The van der Waals surface area contributed by atoms with Gasteiger partial charge < -0.3 is 10.2 Å². The Morgan fingerprint density at radius 2 is 2.28 bits per heavy atom. The molecule has 1 heterocycles. The van der Waals surface area contributed by atoms with E-state index in [-0.39, 0.29) is 5.91 Å². The standard InChI is InChI=1S/C13H15ClN2O2/c1-9(17)15-6-5-10-8-16(18-2)13-4-3-11(14)7-12(10)13/h3-4,7-8H,5-6H2,1-2H3,(H,15,17). The number of hydrogen-bond donors (Lipinski definition) is 1. The molecule has 0 radical (unpaired) electrons. The van der Waals surface area contributed by atoms with Crippen molar-refractivity contribution in [3.8, 4) is 0 Å². The number of amides is 1. The molecule has 0 spiro atoms. The fourth-order valence-corrected chi connectivity index (χ4v) is 2.13. The molecule has 0 aliphatic carbocycles. The van der Waals surface area contributed by atoms with Crippen LogP contribution in [0.3, 0.4) is 0 Å². The Hall–Kier alpha value is -1.68. The number of rotatable bonds is 4. The van der Waals surface area contributed by atoms with Crippen molar-refractivity contribution in [2.75, 3.05) is 13.7 Å². The maximum atomic E-state index is 10.9. The molecule has 2 rings (SSSR count). The van der Waals surface area contributed by atoms with Crippen molar-refractivity contribution in [1.29, 1.82) is 0 Å². The normalized spacial score (nSPS) is 10.6. The number of aromatic nitrogens is 1. The van der Waals surface area contributed by atoms with Crippen molar-refractivity contribution in [2.24, 2.45) is 0 Å². The van der Waals surface area contributed by atoms with E-state index in [0.717, 1.165) is 22.9 Å². The van der Waals surface area contributed by atoms with Gasteiger partial charge in [-0.1, -0.05) is 11.6 Å². The Kier molecular flexibility index (Phi) is 3.77. The SMILES string of the molecule is COn1cc(CCNC(C)=O)c2cc(Cl)ccc21. The molecule has 0 unspecified atom stereocenters. The van der Waals surface area contributed by atoms with Gasteiger partial charge in [0, 0.05) is 30.1 Å². The number of carbonyl (C=O) groups excluding carboxylic acids is 1. The van der Waals surface area contributed by atoms with Crippen LogP contribution in [0.4, 0.5) is 0 Å². The highest BCUT2D eigenvalue weighted by Gasteiger charge is 2.09. The fourth-order valence-electron chi connectivity index (χ4n) is 1.96. The van der Waals surface area contributed by atoms with Crippen LogP contribution < -0.4 is 10.2 Å². The zero-order valence-electron chi connectivity index (χ0n) is 10.4. The van der Waals surface area contributed by atoms with Gasteiger partial charge in [-0.2, -0.15) is 4.73 Å². The number of benzene rings is 1. The van der Waals surface area contributed by atoms with Crippen LogP contribution in [0.2, 0.25) is 5.02 Å². The maximum Gasteiger partial charge on any atom is 0.216 e. The summed E-state index contributed by atoms with van der Waals surface area (Å²) in [7, 11) is 1.62. The molecular formula is C13H15ClN2O2. The van der Waals surface area contributed by atoms with Crippen LogP contribution in [-0.2, 0) is 11.2 Å². The molecule has 0 fully saturated rings. The average molecular weight is 267 g/mol. The van der Waals surface area contributed by atoms with Gasteiger partial charge in [0.1, 0.15) is 7.11 Å². The molecule has 0 saturated heterocycles. The molecule has 18 heavy (non-hydrogen) atoms. The zero-order chi connectivity index (χ0) is 13.1. The summed E-state index contributed by atoms with van der Waals surface area (Å²) in [6.07, 6.45) is 2.66. The van der Waals surface area contributed by atoms with Crippen molar-refractivity contribution in [3.63, 3.8) is 0 Å². The topological polar surface area (TPSA) is 43.3 Å². The fraction of sp³-hybridized carbons (Fsp3) is 0.308. The summed E-state index contributed by atoms with van der Waals surface area (Å²) in [6.45, 7) is 2.11. The van der Waals surface area contributed by atoms with Crippen LogP contribution in [0.15, 0.2) is 24.4 Å². The Morgan fingerprint density at radius 1 is 1.50 bits per heavy atom. The Morgan fingerprint density at radius 3 is 2.94 bits per heavy atom. The zero-order valence-corrected chi connectivity index (χ0v) is 11.1. The number of carbonyl (C=O) groups is 1. The first-order chi connectivity index (χ1) is 8.61. The van der Waals surface area contributed by atoms with Crippen LogP contribution in [0, 0.1) is 0 Å². The molecule has 1 aromatic carbocycles. The molecule has 1 amide bonds. The molecule has 0 aliphatic heterocycles. The number of nitrogens with zero attached hydrogens (tertiary/aromatic N) is 1.